The summed E-state index contributed by atoms with van der Waals surface area (Å²) in [6.07, 6.45) is -1.22. The van der Waals surface area contributed by atoms with Gasteiger partial charge in [-0.3, -0.25) is 9.59 Å². The van der Waals surface area contributed by atoms with E-state index in [1.54, 1.807) is 18.9 Å². The molecule has 3 aromatic rings. The summed E-state index contributed by atoms with van der Waals surface area (Å²) >= 11 is 0. The van der Waals surface area contributed by atoms with Crippen LogP contribution in [0.4, 0.5) is 34.9 Å². The molecule has 2 aromatic heterocycles. The number of halogens is 4. The molecule has 0 spiro atoms. The number of benzene rings is 1. The van der Waals surface area contributed by atoms with Crippen LogP contribution in [-0.4, -0.2) is 60.3 Å². The predicted octanol–water partition coefficient (Wildman–Crippen LogP) is 3.55. The molecule has 202 valence electrons. The van der Waals surface area contributed by atoms with E-state index in [9.17, 15) is 22.8 Å². The summed E-state index contributed by atoms with van der Waals surface area (Å²) in [7, 11) is 2.89. The number of pyridine rings is 1. The highest BCUT2D eigenvalue weighted by Crippen LogP contribution is 2.35. The van der Waals surface area contributed by atoms with Gasteiger partial charge in [0.05, 0.1) is 35.7 Å². The van der Waals surface area contributed by atoms with Crippen molar-refractivity contribution in [2.75, 3.05) is 55.0 Å². The first kappa shape index (κ1) is 27.0. The van der Waals surface area contributed by atoms with E-state index in [1.165, 1.54) is 31.6 Å². The second kappa shape index (κ2) is 10.8. The molecule has 4 rings (SSSR count). The minimum Gasteiger partial charge on any atom is -0.378 e. The average Bonchev–Trinajstić information content (AvgIpc) is 2.90. The topological polar surface area (TPSA) is 92.6 Å². The Labute approximate surface area is 215 Å². The molecule has 0 saturated carbocycles. The number of carbonyl (C=O) groups excluding carboxylic acids is 1. The van der Waals surface area contributed by atoms with Crippen LogP contribution in [0.3, 0.4) is 0 Å². The van der Waals surface area contributed by atoms with Crippen molar-refractivity contribution < 1.29 is 27.1 Å². The van der Waals surface area contributed by atoms with E-state index in [-0.39, 0.29) is 16.9 Å². The number of rotatable bonds is 6. The minimum absolute atomic E-state index is 0.0542. The van der Waals surface area contributed by atoms with E-state index < -0.39 is 34.6 Å². The molecule has 38 heavy (non-hydrogen) atoms. The van der Waals surface area contributed by atoms with Gasteiger partial charge in [-0.05, 0) is 19.1 Å². The van der Waals surface area contributed by atoms with Crippen molar-refractivity contribution in [1.29, 1.82) is 0 Å². The summed E-state index contributed by atoms with van der Waals surface area (Å²) in [4.78, 5) is 37.1. The molecular weight excluding hydrogens is 508 g/mol. The fourth-order valence-corrected chi connectivity index (χ4v) is 3.99. The highest BCUT2D eigenvalue weighted by Gasteiger charge is 2.36. The quantitative estimate of drug-likeness (QED) is 0.484. The van der Waals surface area contributed by atoms with Gasteiger partial charge < -0.3 is 24.4 Å². The second-order valence-corrected chi connectivity index (χ2v) is 8.74. The van der Waals surface area contributed by atoms with E-state index in [2.05, 4.69) is 15.3 Å². The van der Waals surface area contributed by atoms with Crippen LogP contribution in [0, 0.1) is 5.82 Å². The van der Waals surface area contributed by atoms with Gasteiger partial charge in [-0.25, -0.2) is 14.4 Å². The Balaban J connectivity index is 1.73. The first-order valence-corrected chi connectivity index (χ1v) is 11.8. The lowest BCUT2D eigenvalue weighted by Crippen LogP contribution is -2.37. The highest BCUT2D eigenvalue weighted by molar-refractivity contribution is 6.07. The molecule has 0 aliphatic carbocycles. The fraction of sp³-hybridized carbons (Fsp3) is 0.360. The summed E-state index contributed by atoms with van der Waals surface area (Å²) in [5, 5.41) is 2.48. The number of nitrogens with one attached hydrogen (secondary N) is 1. The Morgan fingerprint density at radius 3 is 2.42 bits per heavy atom. The van der Waals surface area contributed by atoms with Gasteiger partial charge in [-0.15, -0.1) is 0 Å². The molecule has 1 N–H and O–H groups in total. The molecule has 1 fully saturated rings. The van der Waals surface area contributed by atoms with Crippen LogP contribution in [0.1, 0.15) is 22.8 Å². The Bertz CT molecular complexity index is 1390. The van der Waals surface area contributed by atoms with Crippen LogP contribution in [0.25, 0.3) is 11.1 Å². The molecule has 3 heterocycles. The number of aryl methyl sites for hydroxylation is 1. The van der Waals surface area contributed by atoms with Crippen LogP contribution >= 0.6 is 0 Å². The lowest BCUT2D eigenvalue weighted by atomic mass is 10.0. The van der Waals surface area contributed by atoms with Crippen LogP contribution in [-0.2, 0) is 18.0 Å². The molecule has 13 heteroatoms. The van der Waals surface area contributed by atoms with E-state index >= 15 is 4.39 Å². The molecule has 0 radical (unpaired) electrons. The molecule has 1 aliphatic heterocycles. The molecule has 1 saturated heterocycles. The first-order valence-electron chi connectivity index (χ1n) is 11.8. The van der Waals surface area contributed by atoms with Crippen molar-refractivity contribution in [1.82, 2.24) is 14.5 Å². The van der Waals surface area contributed by atoms with Gasteiger partial charge in [-0.2, -0.15) is 13.2 Å². The van der Waals surface area contributed by atoms with Crippen molar-refractivity contribution in [3.63, 3.8) is 0 Å². The van der Waals surface area contributed by atoms with Gasteiger partial charge in [0.2, 0.25) is 5.95 Å². The largest absolute Gasteiger partial charge is 0.417 e. The van der Waals surface area contributed by atoms with Crippen LogP contribution in [0.2, 0.25) is 0 Å². The zero-order valence-corrected chi connectivity index (χ0v) is 21.0. The fourth-order valence-electron chi connectivity index (χ4n) is 3.99. The third-order valence-corrected chi connectivity index (χ3v) is 6.24. The summed E-state index contributed by atoms with van der Waals surface area (Å²) in [5.74, 6) is -1.27. The van der Waals surface area contributed by atoms with Gasteiger partial charge in [0.15, 0.2) is 0 Å². The monoisotopic (exact) mass is 534 g/mol. The third-order valence-electron chi connectivity index (χ3n) is 6.24. The molecule has 1 aromatic carbocycles. The maximum absolute atomic E-state index is 15.2. The van der Waals surface area contributed by atoms with Gasteiger partial charge in [0.25, 0.3) is 11.5 Å². The van der Waals surface area contributed by atoms with Gasteiger partial charge in [0, 0.05) is 69.5 Å². The molecule has 1 amide bonds. The van der Waals surface area contributed by atoms with E-state index in [1.807, 2.05) is 4.90 Å². The maximum atomic E-state index is 15.2. The minimum atomic E-state index is -4.93. The third kappa shape index (κ3) is 5.62. The number of alkyl halides is 3. The summed E-state index contributed by atoms with van der Waals surface area (Å²) in [6, 6.07) is 2.89. The Hall–Kier alpha value is -4.00. The molecule has 1 aliphatic rings. The number of anilines is 3. The number of ether oxygens (including phenoxy) is 1. The summed E-state index contributed by atoms with van der Waals surface area (Å²) < 4.78 is 62.3. The standard InChI is InChI=1S/C25H26F4N6O3/c1-4-33(2)21-11-19(26)16(15-12-30-24(31-13-15)35-5-7-38-8-6-35)9-20(21)32-23(37)17-14-34(3)22(36)10-18(17)25(27,28)29/h9-14H,4-8H2,1-3H3,(H,32,37). The number of hydrogen-bond acceptors (Lipinski definition) is 7. The molecular formula is C25H26F4N6O3. The number of nitrogens with zero attached hydrogens (tertiary/aromatic N) is 5. The van der Waals surface area contributed by atoms with Gasteiger partial charge in [0.1, 0.15) is 5.82 Å². The van der Waals surface area contributed by atoms with Crippen LogP contribution < -0.4 is 20.7 Å². The highest BCUT2D eigenvalue weighted by atomic mass is 19.4. The van der Waals surface area contributed by atoms with Crippen molar-refractivity contribution in [3.8, 4) is 11.1 Å². The van der Waals surface area contributed by atoms with Crippen LogP contribution in [0.15, 0.2) is 41.6 Å². The van der Waals surface area contributed by atoms with E-state index in [4.69, 9.17) is 4.74 Å². The zero-order chi connectivity index (χ0) is 27.6. The Kier molecular flexibility index (Phi) is 7.67. The van der Waals surface area contributed by atoms with E-state index in [0.717, 1.165) is 10.8 Å². The van der Waals surface area contributed by atoms with Gasteiger partial charge in [-0.1, -0.05) is 0 Å². The number of carbonyl (C=O) groups is 1. The second-order valence-electron chi connectivity index (χ2n) is 8.74. The molecule has 0 atom stereocenters. The summed E-state index contributed by atoms with van der Waals surface area (Å²) in [6.45, 7) is 4.54. The number of morpholine rings is 1. The lowest BCUT2D eigenvalue weighted by molar-refractivity contribution is -0.138. The smallest absolute Gasteiger partial charge is 0.378 e. The maximum Gasteiger partial charge on any atom is 0.417 e. The Morgan fingerprint density at radius 2 is 1.82 bits per heavy atom. The van der Waals surface area contributed by atoms with E-state index in [0.29, 0.717) is 50.4 Å². The van der Waals surface area contributed by atoms with Gasteiger partial charge >= 0.3 is 6.18 Å². The Morgan fingerprint density at radius 1 is 1.16 bits per heavy atom. The van der Waals surface area contributed by atoms with Crippen molar-refractivity contribution >= 4 is 23.2 Å². The van der Waals surface area contributed by atoms with Crippen molar-refractivity contribution in [3.05, 3.63) is 64.1 Å². The summed E-state index contributed by atoms with van der Waals surface area (Å²) in [5.41, 5.74) is -2.31. The first-order chi connectivity index (χ1) is 18.0. The normalized spacial score (nSPS) is 13.9. The predicted molar refractivity (Wildman–Crippen MR) is 134 cm³/mol. The number of aromatic nitrogens is 3. The number of amides is 1. The molecule has 9 nitrogen and oxygen atoms in total. The SMILES string of the molecule is CCN(C)c1cc(F)c(-c2cnc(N3CCOCC3)nc2)cc1NC(=O)c1cn(C)c(=O)cc1C(F)(F)F. The molecule has 0 bridgehead atoms. The average molecular weight is 535 g/mol. The number of hydrogen-bond donors (Lipinski definition) is 1. The molecule has 0 unspecified atom stereocenters. The van der Waals surface area contributed by atoms with Crippen molar-refractivity contribution in [2.24, 2.45) is 7.05 Å². The van der Waals surface area contributed by atoms with Crippen LogP contribution in [0.5, 0.6) is 0 Å². The zero-order valence-electron chi connectivity index (χ0n) is 21.0. The van der Waals surface area contributed by atoms with Crippen molar-refractivity contribution in [2.45, 2.75) is 13.1 Å². The lowest BCUT2D eigenvalue weighted by Gasteiger charge is -2.26.